The molecule has 0 amide bonds. The Labute approximate surface area is 224 Å². The van der Waals surface area contributed by atoms with Crippen LogP contribution in [-0.2, 0) is 18.9 Å². The molecule has 1 aliphatic rings. The van der Waals surface area contributed by atoms with Gasteiger partial charge in [-0.25, -0.2) is 14.4 Å². The van der Waals surface area contributed by atoms with Gasteiger partial charge in [0.1, 0.15) is 11.5 Å². The summed E-state index contributed by atoms with van der Waals surface area (Å²) in [6, 6.07) is 24.9. The Morgan fingerprint density at radius 3 is 1.47 bits per heavy atom. The van der Waals surface area contributed by atoms with E-state index >= 15 is 0 Å². The molecule has 1 fully saturated rings. The van der Waals surface area contributed by atoms with E-state index in [1.165, 1.54) is 11.8 Å². The van der Waals surface area contributed by atoms with Gasteiger partial charge in [-0.3, -0.25) is 0 Å². The van der Waals surface area contributed by atoms with Crippen LogP contribution in [0.2, 0.25) is 0 Å². The maximum absolute atomic E-state index is 13.2. The lowest BCUT2D eigenvalue weighted by Crippen LogP contribution is -2.61. The molecule has 1 aliphatic heterocycles. The lowest BCUT2D eigenvalue weighted by atomic mass is 9.98. The lowest BCUT2D eigenvalue weighted by Gasteiger charge is -2.44. The molecule has 198 valence electrons. The van der Waals surface area contributed by atoms with Crippen molar-refractivity contribution in [1.29, 1.82) is 0 Å². The van der Waals surface area contributed by atoms with Crippen molar-refractivity contribution in [3.05, 3.63) is 108 Å². The minimum absolute atomic E-state index is 0.264. The molecule has 1 saturated heterocycles. The molecule has 0 bridgehead atoms. The number of esters is 3. The second-order valence-corrected chi connectivity index (χ2v) is 9.76. The first kappa shape index (κ1) is 27.4. The van der Waals surface area contributed by atoms with E-state index in [-0.39, 0.29) is 11.1 Å². The van der Waals surface area contributed by atoms with Crippen LogP contribution in [-0.4, -0.2) is 65.2 Å². The normalized spacial score (nSPS) is 22.7. The van der Waals surface area contributed by atoms with E-state index in [1.54, 1.807) is 91.0 Å². The molecule has 4 rings (SSSR count). The number of aliphatic hydroxyl groups excluding tert-OH is 1. The highest BCUT2D eigenvalue weighted by Gasteiger charge is 2.52. The van der Waals surface area contributed by atoms with Gasteiger partial charge in [0.15, 0.2) is 18.3 Å². The van der Waals surface area contributed by atoms with E-state index in [0.29, 0.717) is 11.3 Å². The molecule has 1 N–H and O–H groups in total. The molecule has 3 aromatic rings. The number of hydrogen-bond acceptors (Lipinski definition) is 9. The standard InChI is InChI=1S/C29H28O8S/c1-2-38-29-25(37-28(33)21-16-10-5-11-17-21)24(36-27(32)20-14-8-4-9-15-20)23(22(18-30)34-29)35-26(31)19-12-6-3-7-13-19/h3-17,22-25,29-30H,2,18H2,1H3/t22-,23-,24+,25+,29-/m0/s1. The van der Waals surface area contributed by atoms with Crippen LogP contribution in [0.5, 0.6) is 0 Å². The molecule has 9 heteroatoms. The number of aliphatic hydroxyl groups is 1. The summed E-state index contributed by atoms with van der Waals surface area (Å²) in [6.07, 6.45) is -4.70. The zero-order valence-corrected chi connectivity index (χ0v) is 21.5. The summed E-state index contributed by atoms with van der Waals surface area (Å²) < 4.78 is 23.6. The van der Waals surface area contributed by atoms with Gasteiger partial charge in [-0.05, 0) is 42.2 Å². The van der Waals surface area contributed by atoms with Crippen LogP contribution in [0.25, 0.3) is 0 Å². The van der Waals surface area contributed by atoms with E-state index in [2.05, 4.69) is 0 Å². The van der Waals surface area contributed by atoms with E-state index in [0.717, 1.165) is 0 Å². The smallest absolute Gasteiger partial charge is 0.338 e. The van der Waals surface area contributed by atoms with Crippen molar-refractivity contribution in [2.75, 3.05) is 12.4 Å². The van der Waals surface area contributed by atoms with Crippen LogP contribution < -0.4 is 0 Å². The molecule has 0 radical (unpaired) electrons. The van der Waals surface area contributed by atoms with Gasteiger partial charge in [0, 0.05) is 0 Å². The van der Waals surface area contributed by atoms with Gasteiger partial charge in [0.25, 0.3) is 0 Å². The summed E-state index contributed by atoms with van der Waals surface area (Å²) in [5, 5.41) is 10.2. The van der Waals surface area contributed by atoms with Crippen molar-refractivity contribution in [2.45, 2.75) is 36.8 Å². The Bertz CT molecular complexity index is 1210. The average Bonchev–Trinajstić information content (AvgIpc) is 2.97. The summed E-state index contributed by atoms with van der Waals surface area (Å²) >= 11 is 1.32. The zero-order valence-electron chi connectivity index (χ0n) is 20.7. The highest BCUT2D eigenvalue weighted by Crippen LogP contribution is 2.35. The summed E-state index contributed by atoms with van der Waals surface area (Å²) in [7, 11) is 0. The Morgan fingerprint density at radius 2 is 1.08 bits per heavy atom. The average molecular weight is 537 g/mol. The van der Waals surface area contributed by atoms with Crippen LogP contribution in [0.4, 0.5) is 0 Å². The number of carbonyl (C=O) groups excluding carboxylic acids is 3. The van der Waals surface area contributed by atoms with Gasteiger partial charge in [-0.1, -0.05) is 61.5 Å². The summed E-state index contributed by atoms with van der Waals surface area (Å²) in [5.74, 6) is -1.47. The fraction of sp³-hybridized carbons (Fsp3) is 0.276. The number of carbonyl (C=O) groups is 3. The second kappa shape index (κ2) is 13.2. The fourth-order valence-electron chi connectivity index (χ4n) is 4.02. The third-order valence-corrected chi connectivity index (χ3v) is 6.90. The third kappa shape index (κ3) is 6.61. The molecular formula is C29H28O8S. The molecule has 0 saturated carbocycles. The summed E-state index contributed by atoms with van der Waals surface area (Å²) in [6.45, 7) is 1.37. The van der Waals surface area contributed by atoms with E-state index in [9.17, 15) is 19.5 Å². The van der Waals surface area contributed by atoms with E-state index in [4.69, 9.17) is 18.9 Å². The van der Waals surface area contributed by atoms with Gasteiger partial charge < -0.3 is 24.1 Å². The maximum atomic E-state index is 13.2. The molecule has 5 atom stereocenters. The topological polar surface area (TPSA) is 108 Å². The second-order valence-electron chi connectivity index (χ2n) is 8.39. The Morgan fingerprint density at radius 1 is 0.684 bits per heavy atom. The number of hydrogen-bond donors (Lipinski definition) is 1. The van der Waals surface area contributed by atoms with Crippen LogP contribution in [0.1, 0.15) is 38.0 Å². The molecular weight excluding hydrogens is 508 g/mol. The Hall–Kier alpha value is -3.66. The van der Waals surface area contributed by atoms with Crippen molar-refractivity contribution in [2.24, 2.45) is 0 Å². The van der Waals surface area contributed by atoms with Gasteiger partial charge >= 0.3 is 17.9 Å². The first-order valence-corrected chi connectivity index (χ1v) is 13.2. The van der Waals surface area contributed by atoms with Gasteiger partial charge in [-0.15, -0.1) is 11.8 Å². The van der Waals surface area contributed by atoms with Gasteiger partial charge in [-0.2, -0.15) is 0 Å². The van der Waals surface area contributed by atoms with Crippen LogP contribution in [0, 0.1) is 0 Å². The van der Waals surface area contributed by atoms with Crippen molar-refractivity contribution in [3.8, 4) is 0 Å². The summed E-state index contributed by atoms with van der Waals surface area (Å²) in [5.41, 5.74) is 0.0220. The minimum Gasteiger partial charge on any atom is -0.452 e. The minimum atomic E-state index is -1.27. The van der Waals surface area contributed by atoms with Crippen molar-refractivity contribution < 1.29 is 38.4 Å². The molecule has 8 nitrogen and oxygen atoms in total. The van der Waals surface area contributed by atoms with Crippen LogP contribution in [0.3, 0.4) is 0 Å². The number of thioether (sulfide) groups is 1. The van der Waals surface area contributed by atoms with Gasteiger partial charge in [0.05, 0.1) is 23.3 Å². The fourth-order valence-corrected chi connectivity index (χ4v) is 4.97. The third-order valence-electron chi connectivity index (χ3n) is 5.86. The van der Waals surface area contributed by atoms with Crippen LogP contribution in [0.15, 0.2) is 91.0 Å². The van der Waals surface area contributed by atoms with E-state index < -0.39 is 54.4 Å². The molecule has 1 heterocycles. The largest absolute Gasteiger partial charge is 0.452 e. The molecule has 0 aliphatic carbocycles. The number of ether oxygens (including phenoxy) is 4. The number of benzene rings is 3. The SMILES string of the molecule is CCS[C@@H]1O[C@@H](CO)[C@H](OC(=O)c2ccccc2)[C@@H](OC(=O)c2ccccc2)[C@H]1OC(=O)c1ccccc1. The predicted molar refractivity (Wildman–Crippen MR) is 141 cm³/mol. The van der Waals surface area contributed by atoms with Crippen molar-refractivity contribution >= 4 is 29.7 Å². The molecule has 3 aromatic carbocycles. The zero-order chi connectivity index (χ0) is 26.9. The Balaban J connectivity index is 1.70. The highest BCUT2D eigenvalue weighted by atomic mass is 32.2. The first-order chi connectivity index (χ1) is 18.5. The molecule has 38 heavy (non-hydrogen) atoms. The predicted octanol–water partition coefficient (Wildman–Crippen LogP) is 4.13. The van der Waals surface area contributed by atoms with Crippen molar-refractivity contribution in [3.63, 3.8) is 0 Å². The monoisotopic (exact) mass is 536 g/mol. The quantitative estimate of drug-likeness (QED) is 0.319. The molecule has 0 spiro atoms. The first-order valence-electron chi connectivity index (χ1n) is 12.2. The van der Waals surface area contributed by atoms with Gasteiger partial charge in [0.2, 0.25) is 0 Å². The molecule has 0 unspecified atom stereocenters. The van der Waals surface area contributed by atoms with E-state index in [1.807, 2.05) is 6.92 Å². The number of rotatable bonds is 9. The lowest BCUT2D eigenvalue weighted by molar-refractivity contribution is -0.207. The maximum Gasteiger partial charge on any atom is 0.338 e. The molecule has 0 aromatic heterocycles. The Kier molecular flexibility index (Phi) is 9.53. The summed E-state index contributed by atoms with van der Waals surface area (Å²) in [4.78, 5) is 39.3. The van der Waals surface area contributed by atoms with Crippen LogP contribution >= 0.6 is 11.8 Å². The highest BCUT2D eigenvalue weighted by molar-refractivity contribution is 7.99. The van der Waals surface area contributed by atoms with Crippen molar-refractivity contribution in [1.82, 2.24) is 0 Å².